The van der Waals surface area contributed by atoms with E-state index < -0.39 is 0 Å². The Morgan fingerprint density at radius 2 is 1.95 bits per heavy atom. The van der Waals surface area contributed by atoms with Gasteiger partial charge in [-0.25, -0.2) is 4.79 Å². The molecule has 7 heteroatoms. The van der Waals surface area contributed by atoms with Crippen molar-refractivity contribution in [3.8, 4) is 0 Å². The number of nitrogens with zero attached hydrogens (tertiary/aromatic N) is 2. The average molecular weight is 298 g/mol. The molecule has 1 heterocycles. The van der Waals surface area contributed by atoms with Crippen molar-refractivity contribution in [1.82, 2.24) is 20.8 Å². The predicted molar refractivity (Wildman–Crippen MR) is 78.6 cm³/mol. The highest BCUT2D eigenvalue weighted by molar-refractivity contribution is 5.74. The molecular formula is C14H26N4O3. The number of carbonyl (C=O) groups is 1. The van der Waals surface area contributed by atoms with Gasteiger partial charge in [-0.15, -0.1) is 0 Å². The fourth-order valence-electron chi connectivity index (χ4n) is 2.07. The van der Waals surface area contributed by atoms with Crippen molar-refractivity contribution in [3.63, 3.8) is 0 Å². The molecule has 3 N–H and O–H groups in total. The van der Waals surface area contributed by atoms with Gasteiger partial charge >= 0.3 is 6.03 Å². The highest BCUT2D eigenvalue weighted by Crippen LogP contribution is 2.19. The first-order valence-corrected chi connectivity index (χ1v) is 7.31. The van der Waals surface area contributed by atoms with Crippen LogP contribution in [0.4, 0.5) is 4.79 Å². The van der Waals surface area contributed by atoms with Gasteiger partial charge in [-0.1, -0.05) is 32.9 Å². The highest BCUT2D eigenvalue weighted by atomic mass is 16.5. The minimum absolute atomic E-state index is 0.0857. The first-order valence-electron chi connectivity index (χ1n) is 7.31. The van der Waals surface area contributed by atoms with Gasteiger partial charge in [-0.2, -0.15) is 4.98 Å². The normalized spacial score (nSPS) is 14.3. The summed E-state index contributed by atoms with van der Waals surface area (Å²) in [6.07, 6.45) is 0.718. The second kappa shape index (κ2) is 7.97. The molecule has 0 fully saturated rings. The number of carbonyl (C=O) groups excluding carboxylic acids is 1. The van der Waals surface area contributed by atoms with Gasteiger partial charge < -0.3 is 20.3 Å². The van der Waals surface area contributed by atoms with Crippen molar-refractivity contribution in [3.05, 3.63) is 11.7 Å². The Bertz CT molecular complexity index is 445. The lowest BCUT2D eigenvalue weighted by Crippen LogP contribution is -2.46. The van der Waals surface area contributed by atoms with Crippen molar-refractivity contribution < 1.29 is 14.4 Å². The summed E-state index contributed by atoms with van der Waals surface area (Å²) in [7, 11) is 0. The number of hydrogen-bond donors (Lipinski definition) is 3. The first kappa shape index (κ1) is 17.4. The molecule has 2 amide bonds. The van der Waals surface area contributed by atoms with Crippen molar-refractivity contribution in [2.75, 3.05) is 6.61 Å². The summed E-state index contributed by atoms with van der Waals surface area (Å²) >= 11 is 0. The molecule has 0 aliphatic heterocycles. The monoisotopic (exact) mass is 298 g/mol. The zero-order chi connectivity index (χ0) is 16.0. The van der Waals surface area contributed by atoms with Crippen molar-refractivity contribution >= 4 is 6.03 Å². The van der Waals surface area contributed by atoms with E-state index in [1.807, 2.05) is 27.7 Å². The number of hydrogen-bond acceptors (Lipinski definition) is 5. The molecule has 21 heavy (non-hydrogen) atoms. The summed E-state index contributed by atoms with van der Waals surface area (Å²) in [5.41, 5.74) is 0. The number of nitrogens with one attached hydrogen (secondary N) is 2. The van der Waals surface area contributed by atoms with E-state index in [0.717, 1.165) is 6.42 Å². The summed E-state index contributed by atoms with van der Waals surface area (Å²) in [5.74, 6) is 1.42. The van der Waals surface area contributed by atoms with Gasteiger partial charge in [0.25, 0.3) is 0 Å². The van der Waals surface area contributed by atoms with E-state index in [0.29, 0.717) is 17.6 Å². The van der Waals surface area contributed by atoms with Crippen LogP contribution in [0.3, 0.4) is 0 Å². The molecule has 2 unspecified atom stereocenters. The maximum Gasteiger partial charge on any atom is 0.315 e. The summed E-state index contributed by atoms with van der Waals surface area (Å²) in [6, 6.07) is -0.962. The summed E-state index contributed by atoms with van der Waals surface area (Å²) in [5, 5.41) is 18.6. The van der Waals surface area contributed by atoms with Crippen LogP contribution in [0.1, 0.15) is 51.9 Å². The molecule has 1 aromatic rings. The first-order chi connectivity index (χ1) is 9.83. The maximum atomic E-state index is 12.1. The number of rotatable bonds is 7. The molecule has 120 valence electrons. The Labute approximate surface area is 125 Å². The molecule has 1 aromatic heterocycles. The van der Waals surface area contributed by atoms with E-state index >= 15 is 0 Å². The van der Waals surface area contributed by atoms with Crippen LogP contribution in [0.2, 0.25) is 0 Å². The maximum absolute atomic E-state index is 12.1. The smallest absolute Gasteiger partial charge is 0.315 e. The lowest BCUT2D eigenvalue weighted by Gasteiger charge is -2.22. The molecule has 0 spiro atoms. The Morgan fingerprint density at radius 1 is 1.29 bits per heavy atom. The SMILES string of the molecule is Cc1noc(C(NC(=O)NC(CO)CC(C)C)C(C)C)n1. The third kappa shape index (κ3) is 5.71. The zero-order valence-electron chi connectivity index (χ0n) is 13.4. The molecule has 0 aliphatic carbocycles. The molecule has 0 saturated carbocycles. The van der Waals surface area contributed by atoms with Gasteiger partial charge in [-0.3, -0.25) is 0 Å². The number of amides is 2. The molecule has 0 saturated heterocycles. The van der Waals surface area contributed by atoms with E-state index in [1.165, 1.54) is 0 Å². The largest absolute Gasteiger partial charge is 0.394 e. The van der Waals surface area contributed by atoms with Crippen LogP contribution in [0.5, 0.6) is 0 Å². The Hall–Kier alpha value is -1.63. The average Bonchev–Trinajstić information content (AvgIpc) is 2.80. The van der Waals surface area contributed by atoms with Crippen molar-refractivity contribution in [2.45, 2.75) is 53.1 Å². The predicted octanol–water partition coefficient (Wildman–Crippen LogP) is 1.78. The molecular weight excluding hydrogens is 272 g/mol. The summed E-state index contributed by atoms with van der Waals surface area (Å²) < 4.78 is 5.13. The fourth-order valence-corrected chi connectivity index (χ4v) is 2.07. The zero-order valence-corrected chi connectivity index (χ0v) is 13.4. The third-order valence-corrected chi connectivity index (χ3v) is 3.07. The molecule has 1 rings (SSSR count). The third-order valence-electron chi connectivity index (χ3n) is 3.07. The second-order valence-electron chi connectivity index (χ2n) is 6.03. The lowest BCUT2D eigenvalue weighted by atomic mass is 10.0. The Kier molecular flexibility index (Phi) is 6.61. The van der Waals surface area contributed by atoms with E-state index in [2.05, 4.69) is 20.8 Å². The van der Waals surface area contributed by atoms with Gasteiger partial charge in [-0.05, 0) is 25.2 Å². The molecule has 7 nitrogen and oxygen atoms in total. The van der Waals surface area contributed by atoms with Gasteiger partial charge in [0.15, 0.2) is 5.82 Å². The standard InChI is InChI=1S/C14H26N4O3/c1-8(2)6-11(7-19)16-14(20)17-12(9(3)4)13-15-10(5)18-21-13/h8-9,11-12,19H,6-7H2,1-5H3,(H2,16,17,20). The van der Waals surface area contributed by atoms with Crippen LogP contribution in [-0.2, 0) is 0 Å². The second-order valence-corrected chi connectivity index (χ2v) is 6.03. The molecule has 0 radical (unpaired) electrons. The molecule has 0 aliphatic rings. The van der Waals surface area contributed by atoms with Crippen LogP contribution < -0.4 is 10.6 Å². The quantitative estimate of drug-likeness (QED) is 0.712. The van der Waals surface area contributed by atoms with Crippen LogP contribution in [0.25, 0.3) is 0 Å². The van der Waals surface area contributed by atoms with E-state index in [9.17, 15) is 9.90 Å². The Morgan fingerprint density at radius 3 is 2.38 bits per heavy atom. The molecule has 0 aromatic carbocycles. The topological polar surface area (TPSA) is 100 Å². The van der Waals surface area contributed by atoms with E-state index in [4.69, 9.17) is 4.52 Å². The molecule has 2 atom stereocenters. The Balaban J connectivity index is 2.65. The van der Waals surface area contributed by atoms with Crippen LogP contribution in [0.15, 0.2) is 4.52 Å². The number of aliphatic hydroxyl groups excluding tert-OH is 1. The van der Waals surface area contributed by atoms with Gasteiger partial charge in [0.1, 0.15) is 6.04 Å². The number of aromatic nitrogens is 2. The van der Waals surface area contributed by atoms with Gasteiger partial charge in [0, 0.05) is 0 Å². The van der Waals surface area contributed by atoms with Crippen LogP contribution in [-0.4, -0.2) is 33.9 Å². The minimum atomic E-state index is -0.357. The van der Waals surface area contributed by atoms with Gasteiger partial charge in [0.05, 0.1) is 12.6 Å². The van der Waals surface area contributed by atoms with Gasteiger partial charge in [0.2, 0.25) is 5.89 Å². The van der Waals surface area contributed by atoms with Crippen molar-refractivity contribution in [2.24, 2.45) is 11.8 Å². The molecule has 0 bridgehead atoms. The summed E-state index contributed by atoms with van der Waals surface area (Å²) in [4.78, 5) is 16.2. The van der Waals surface area contributed by atoms with Crippen molar-refractivity contribution in [1.29, 1.82) is 0 Å². The number of aryl methyl sites for hydroxylation is 1. The van der Waals surface area contributed by atoms with E-state index in [1.54, 1.807) is 6.92 Å². The van der Waals surface area contributed by atoms with Crippen LogP contribution >= 0.6 is 0 Å². The summed E-state index contributed by atoms with van der Waals surface area (Å²) in [6.45, 7) is 9.65. The highest BCUT2D eigenvalue weighted by Gasteiger charge is 2.25. The van der Waals surface area contributed by atoms with Crippen LogP contribution in [0, 0.1) is 18.8 Å². The fraction of sp³-hybridized carbons (Fsp3) is 0.786. The lowest BCUT2D eigenvalue weighted by molar-refractivity contribution is 0.198. The number of aliphatic hydroxyl groups is 1. The van der Waals surface area contributed by atoms with E-state index in [-0.39, 0.29) is 30.6 Å². The number of urea groups is 1. The minimum Gasteiger partial charge on any atom is -0.394 e.